The molecule has 5 rings (SSSR count). The zero-order chi connectivity index (χ0) is 28.2. The summed E-state index contributed by atoms with van der Waals surface area (Å²) in [7, 11) is 1.27. The van der Waals surface area contributed by atoms with Gasteiger partial charge >= 0.3 is 5.97 Å². The number of carbonyl (C=O) groups is 3. The standard InChI is InChI=1S/C27H24N6O5S2/c1-3-15-14-39-25-19(29-23(34)18(31-37-2)22-30-27(28)40-32-22)24(35)33(25)20(15)26(36)38-21(16-10-6-4-7-11-16)17-12-8-5-9-13-17/h3-13,19,21,25H,1,14H2,2H3,(H,29,34)(H2,28,30,32)/b31-18-/t19?,25-/m1/s1. The molecule has 2 aromatic carbocycles. The number of thioether (sulfide) groups is 1. The van der Waals surface area contributed by atoms with Crippen LogP contribution in [0.3, 0.4) is 0 Å². The topological polar surface area (TPSA) is 149 Å². The average Bonchev–Trinajstić information content (AvgIpc) is 3.42. The van der Waals surface area contributed by atoms with Crippen molar-refractivity contribution < 1.29 is 24.0 Å². The third-order valence-electron chi connectivity index (χ3n) is 6.20. The van der Waals surface area contributed by atoms with Crippen LogP contribution in [0.2, 0.25) is 0 Å². The highest BCUT2D eigenvalue weighted by molar-refractivity contribution is 8.00. The molecule has 3 aromatic rings. The van der Waals surface area contributed by atoms with Gasteiger partial charge in [0.05, 0.1) is 0 Å². The van der Waals surface area contributed by atoms with Crippen molar-refractivity contribution >= 4 is 51.9 Å². The molecule has 3 heterocycles. The number of fused-ring (bicyclic) bond motifs is 1. The van der Waals surface area contributed by atoms with E-state index in [1.54, 1.807) is 6.08 Å². The van der Waals surface area contributed by atoms with E-state index >= 15 is 0 Å². The first-order valence-corrected chi connectivity index (χ1v) is 13.9. The van der Waals surface area contributed by atoms with Crippen LogP contribution in [-0.2, 0) is 24.0 Å². The SMILES string of the molecule is C=CC1=C(C(=O)OC(c2ccccc2)c2ccccc2)N2C(=O)C(NC(=O)/C(=N\OC)c3nsc(N)n3)[C@H]2SC1. The maximum atomic E-state index is 13.7. The van der Waals surface area contributed by atoms with Crippen LogP contribution in [0, 0.1) is 0 Å². The Labute approximate surface area is 237 Å². The number of carbonyl (C=O) groups excluding carboxylic acids is 3. The van der Waals surface area contributed by atoms with E-state index in [2.05, 4.69) is 26.4 Å². The van der Waals surface area contributed by atoms with E-state index < -0.39 is 35.3 Å². The molecule has 2 atom stereocenters. The third-order valence-corrected chi connectivity index (χ3v) is 8.05. The number of nitrogens with one attached hydrogen (secondary N) is 1. The van der Waals surface area contributed by atoms with Gasteiger partial charge in [0, 0.05) is 17.3 Å². The minimum atomic E-state index is -0.927. The summed E-state index contributed by atoms with van der Waals surface area (Å²) < 4.78 is 10.0. The van der Waals surface area contributed by atoms with Gasteiger partial charge in [-0.1, -0.05) is 78.5 Å². The summed E-state index contributed by atoms with van der Waals surface area (Å²) in [5, 5.41) is 5.97. The van der Waals surface area contributed by atoms with Crippen molar-refractivity contribution in [2.45, 2.75) is 17.5 Å². The number of hydrogen-bond acceptors (Lipinski definition) is 11. The first kappa shape index (κ1) is 27.1. The van der Waals surface area contributed by atoms with E-state index in [4.69, 9.17) is 15.3 Å². The Morgan fingerprint density at radius 2 is 1.82 bits per heavy atom. The lowest BCUT2D eigenvalue weighted by Gasteiger charge is -2.49. The lowest BCUT2D eigenvalue weighted by atomic mass is 10.0. The molecule has 1 fully saturated rings. The van der Waals surface area contributed by atoms with Gasteiger partial charge in [0.25, 0.3) is 11.8 Å². The molecule has 40 heavy (non-hydrogen) atoms. The van der Waals surface area contributed by atoms with Gasteiger partial charge in [0.15, 0.2) is 11.2 Å². The molecule has 2 amide bonds. The summed E-state index contributed by atoms with van der Waals surface area (Å²) in [5.74, 6) is -1.49. The van der Waals surface area contributed by atoms with Gasteiger partial charge in [0.1, 0.15) is 24.2 Å². The van der Waals surface area contributed by atoms with E-state index in [0.29, 0.717) is 11.3 Å². The molecule has 0 bridgehead atoms. The molecule has 1 aromatic heterocycles. The number of rotatable bonds is 9. The Morgan fingerprint density at radius 1 is 1.18 bits per heavy atom. The monoisotopic (exact) mass is 576 g/mol. The fraction of sp³-hybridized carbons (Fsp3) is 0.185. The molecule has 2 aliphatic rings. The van der Waals surface area contributed by atoms with Gasteiger partial charge in [-0.2, -0.15) is 9.36 Å². The van der Waals surface area contributed by atoms with Crippen LogP contribution in [0.5, 0.6) is 0 Å². The number of benzene rings is 2. The Bertz CT molecular complexity index is 1470. The predicted molar refractivity (Wildman–Crippen MR) is 151 cm³/mol. The van der Waals surface area contributed by atoms with Crippen LogP contribution in [0.15, 0.2) is 89.7 Å². The molecule has 13 heteroatoms. The molecule has 11 nitrogen and oxygen atoms in total. The fourth-order valence-electron chi connectivity index (χ4n) is 4.35. The number of amides is 2. The van der Waals surface area contributed by atoms with E-state index in [9.17, 15) is 14.4 Å². The molecule has 3 N–H and O–H groups in total. The van der Waals surface area contributed by atoms with Crippen LogP contribution in [0.1, 0.15) is 23.1 Å². The third kappa shape index (κ3) is 5.20. The molecule has 0 saturated carbocycles. The minimum Gasteiger partial charge on any atom is -0.448 e. The van der Waals surface area contributed by atoms with Crippen molar-refractivity contribution in [2.75, 3.05) is 18.6 Å². The normalized spacial score (nSPS) is 18.6. The van der Waals surface area contributed by atoms with Gasteiger partial charge in [-0.15, -0.1) is 11.8 Å². The molecular formula is C27H24N6O5S2. The summed E-state index contributed by atoms with van der Waals surface area (Å²) in [5.41, 5.74) is 7.64. The molecular weight excluding hydrogens is 552 g/mol. The fourth-order valence-corrected chi connectivity index (χ4v) is 6.13. The van der Waals surface area contributed by atoms with E-state index in [1.807, 2.05) is 60.7 Å². The molecule has 0 radical (unpaired) electrons. The van der Waals surface area contributed by atoms with Crippen molar-refractivity contribution in [3.05, 3.63) is 102 Å². The molecule has 1 unspecified atom stereocenters. The van der Waals surface area contributed by atoms with Gasteiger partial charge in [-0.25, -0.2) is 4.79 Å². The van der Waals surface area contributed by atoms with Crippen molar-refractivity contribution in [3.63, 3.8) is 0 Å². The molecule has 0 spiro atoms. The predicted octanol–water partition coefficient (Wildman–Crippen LogP) is 2.64. The van der Waals surface area contributed by atoms with E-state index in [1.165, 1.54) is 23.8 Å². The second-order valence-corrected chi connectivity index (χ2v) is 10.5. The summed E-state index contributed by atoms with van der Waals surface area (Å²) in [6.45, 7) is 3.83. The van der Waals surface area contributed by atoms with Gasteiger partial charge in [-0.3, -0.25) is 14.5 Å². The van der Waals surface area contributed by atoms with Crippen LogP contribution >= 0.6 is 23.3 Å². The smallest absolute Gasteiger partial charge is 0.356 e. The van der Waals surface area contributed by atoms with Crippen LogP contribution < -0.4 is 11.1 Å². The number of nitrogens with zero attached hydrogens (tertiary/aromatic N) is 4. The number of esters is 1. The van der Waals surface area contributed by atoms with Gasteiger partial charge in [-0.05, 0) is 16.7 Å². The summed E-state index contributed by atoms with van der Waals surface area (Å²) in [4.78, 5) is 50.2. The van der Waals surface area contributed by atoms with Crippen LogP contribution in [0.4, 0.5) is 5.13 Å². The van der Waals surface area contributed by atoms with Crippen molar-refractivity contribution in [1.82, 2.24) is 19.6 Å². The maximum Gasteiger partial charge on any atom is 0.356 e. The molecule has 0 aliphatic carbocycles. The van der Waals surface area contributed by atoms with Gasteiger partial charge in [0.2, 0.25) is 11.5 Å². The van der Waals surface area contributed by atoms with Crippen LogP contribution in [0.25, 0.3) is 0 Å². The zero-order valence-corrected chi connectivity index (χ0v) is 22.9. The quantitative estimate of drug-likeness (QED) is 0.170. The largest absolute Gasteiger partial charge is 0.448 e. The summed E-state index contributed by atoms with van der Waals surface area (Å²) in [6.07, 6.45) is 0.847. The molecule has 1 saturated heterocycles. The highest BCUT2D eigenvalue weighted by Crippen LogP contribution is 2.41. The number of nitrogen functional groups attached to an aromatic ring is 1. The number of anilines is 1. The summed E-state index contributed by atoms with van der Waals surface area (Å²) >= 11 is 2.29. The number of allylic oxidation sites excluding steroid dienone is 1. The Morgan fingerprint density at radius 3 is 2.38 bits per heavy atom. The zero-order valence-electron chi connectivity index (χ0n) is 21.2. The average molecular weight is 577 g/mol. The highest BCUT2D eigenvalue weighted by atomic mass is 32.2. The lowest BCUT2D eigenvalue weighted by molar-refractivity contribution is -0.154. The van der Waals surface area contributed by atoms with Crippen molar-refractivity contribution in [3.8, 4) is 0 Å². The molecule has 2 aliphatic heterocycles. The molecule has 204 valence electrons. The van der Waals surface area contributed by atoms with Crippen LogP contribution in [-0.4, -0.2) is 62.0 Å². The number of β-lactam (4-membered cyclic amide) rings is 1. The number of ether oxygens (including phenoxy) is 1. The van der Waals surface area contributed by atoms with Gasteiger partial charge < -0.3 is 20.6 Å². The number of hydrogen-bond donors (Lipinski definition) is 2. The second-order valence-electron chi connectivity index (χ2n) is 8.62. The number of oxime groups is 1. The number of nitrogens with two attached hydrogens (primary N) is 1. The van der Waals surface area contributed by atoms with E-state index in [-0.39, 0.29) is 22.4 Å². The van der Waals surface area contributed by atoms with E-state index in [0.717, 1.165) is 22.7 Å². The Kier molecular flexibility index (Phi) is 7.94. The lowest BCUT2D eigenvalue weighted by Crippen LogP contribution is -2.71. The minimum absolute atomic E-state index is 0.0206. The summed E-state index contributed by atoms with van der Waals surface area (Å²) in [6, 6.07) is 17.8. The second kappa shape index (κ2) is 11.7. The Hall–Kier alpha value is -4.49. The first-order valence-electron chi connectivity index (χ1n) is 12.1. The first-order chi connectivity index (χ1) is 19.4. The Balaban J connectivity index is 1.38. The van der Waals surface area contributed by atoms with Crippen molar-refractivity contribution in [2.24, 2.45) is 5.16 Å². The highest BCUT2D eigenvalue weighted by Gasteiger charge is 2.54. The van der Waals surface area contributed by atoms with Crippen molar-refractivity contribution in [1.29, 1.82) is 0 Å². The maximum absolute atomic E-state index is 13.7. The number of aromatic nitrogens is 2.